The van der Waals surface area contributed by atoms with E-state index in [1.807, 2.05) is 44.2 Å². The Morgan fingerprint density at radius 2 is 2.00 bits per heavy atom. The van der Waals surface area contributed by atoms with E-state index in [0.29, 0.717) is 12.3 Å². The van der Waals surface area contributed by atoms with Crippen LogP contribution in [0, 0.1) is 19.8 Å². The van der Waals surface area contributed by atoms with Gasteiger partial charge >= 0.3 is 0 Å². The predicted molar refractivity (Wildman–Crippen MR) is 106 cm³/mol. The first-order valence-corrected chi connectivity index (χ1v) is 9.20. The van der Waals surface area contributed by atoms with Crippen LogP contribution in [0.25, 0.3) is 0 Å². The van der Waals surface area contributed by atoms with Gasteiger partial charge in [-0.25, -0.2) is 0 Å². The standard InChI is InChI=1S/C20H21BrN2O3/c1-12-8-18(13(2)7-17(12)21)22-20(25)14-9-19(24)23(11-14)15-5-4-6-16(10-15)26-3/h4-8,10,14H,9,11H2,1-3H3,(H,22,25)/t14-/m1/s1. The van der Waals surface area contributed by atoms with Crippen LogP contribution < -0.4 is 15.0 Å². The quantitative estimate of drug-likeness (QED) is 0.816. The van der Waals surface area contributed by atoms with Gasteiger partial charge < -0.3 is 15.0 Å². The van der Waals surface area contributed by atoms with E-state index < -0.39 is 0 Å². The fourth-order valence-corrected chi connectivity index (χ4v) is 3.52. The van der Waals surface area contributed by atoms with Crippen molar-refractivity contribution in [1.29, 1.82) is 0 Å². The number of benzene rings is 2. The van der Waals surface area contributed by atoms with E-state index in [0.717, 1.165) is 27.0 Å². The number of halogens is 1. The first-order valence-electron chi connectivity index (χ1n) is 8.41. The number of nitrogens with zero attached hydrogens (tertiary/aromatic N) is 1. The van der Waals surface area contributed by atoms with Crippen LogP contribution in [0.3, 0.4) is 0 Å². The van der Waals surface area contributed by atoms with Crippen molar-refractivity contribution < 1.29 is 14.3 Å². The van der Waals surface area contributed by atoms with Gasteiger partial charge in [-0.15, -0.1) is 0 Å². The molecule has 6 heteroatoms. The number of ether oxygens (including phenoxy) is 1. The minimum Gasteiger partial charge on any atom is -0.497 e. The fourth-order valence-electron chi connectivity index (χ4n) is 3.06. The molecule has 2 aromatic rings. The van der Waals surface area contributed by atoms with Gasteiger partial charge in [-0.2, -0.15) is 0 Å². The van der Waals surface area contributed by atoms with Gasteiger partial charge in [-0.1, -0.05) is 22.0 Å². The summed E-state index contributed by atoms with van der Waals surface area (Å²) in [7, 11) is 1.59. The average molecular weight is 417 g/mol. The molecule has 1 fully saturated rings. The highest BCUT2D eigenvalue weighted by atomic mass is 79.9. The smallest absolute Gasteiger partial charge is 0.229 e. The van der Waals surface area contributed by atoms with Crippen LogP contribution in [0.5, 0.6) is 5.75 Å². The lowest BCUT2D eigenvalue weighted by Crippen LogP contribution is -2.28. The van der Waals surface area contributed by atoms with E-state index in [4.69, 9.17) is 4.74 Å². The maximum atomic E-state index is 12.7. The van der Waals surface area contributed by atoms with Gasteiger partial charge in [-0.3, -0.25) is 9.59 Å². The van der Waals surface area contributed by atoms with E-state index in [1.165, 1.54) is 0 Å². The van der Waals surface area contributed by atoms with Crippen molar-refractivity contribution in [1.82, 2.24) is 0 Å². The molecular weight excluding hydrogens is 396 g/mol. The molecule has 1 N–H and O–H groups in total. The zero-order valence-corrected chi connectivity index (χ0v) is 16.6. The highest BCUT2D eigenvalue weighted by Crippen LogP contribution is 2.30. The number of carbonyl (C=O) groups is 2. The molecule has 26 heavy (non-hydrogen) atoms. The molecule has 0 aliphatic carbocycles. The number of aryl methyl sites for hydroxylation is 2. The largest absolute Gasteiger partial charge is 0.497 e. The molecule has 1 heterocycles. The Hall–Kier alpha value is -2.34. The van der Waals surface area contributed by atoms with Crippen molar-refractivity contribution in [2.24, 2.45) is 5.92 Å². The van der Waals surface area contributed by atoms with Gasteiger partial charge in [0.2, 0.25) is 11.8 Å². The molecule has 2 amide bonds. The van der Waals surface area contributed by atoms with Gasteiger partial charge in [-0.05, 0) is 49.2 Å². The summed E-state index contributed by atoms with van der Waals surface area (Å²) in [6.45, 7) is 4.29. The summed E-state index contributed by atoms with van der Waals surface area (Å²) >= 11 is 3.49. The molecule has 0 bridgehead atoms. The van der Waals surface area contributed by atoms with Crippen molar-refractivity contribution in [2.75, 3.05) is 23.9 Å². The van der Waals surface area contributed by atoms with E-state index in [1.54, 1.807) is 18.1 Å². The van der Waals surface area contributed by atoms with Crippen LogP contribution in [0.15, 0.2) is 40.9 Å². The zero-order valence-electron chi connectivity index (χ0n) is 15.0. The number of amides is 2. The van der Waals surface area contributed by atoms with Crippen LogP contribution >= 0.6 is 15.9 Å². The first kappa shape index (κ1) is 18.5. The third kappa shape index (κ3) is 3.75. The number of hydrogen-bond acceptors (Lipinski definition) is 3. The molecule has 3 rings (SSSR count). The lowest BCUT2D eigenvalue weighted by atomic mass is 10.1. The Morgan fingerprint density at radius 1 is 1.23 bits per heavy atom. The SMILES string of the molecule is COc1cccc(N2C[C@H](C(=O)Nc3cc(C)c(Br)cc3C)CC2=O)c1. The summed E-state index contributed by atoms with van der Waals surface area (Å²) in [5.41, 5.74) is 3.56. The van der Waals surface area contributed by atoms with Crippen LogP contribution in [-0.4, -0.2) is 25.5 Å². The number of carbonyl (C=O) groups excluding carboxylic acids is 2. The number of rotatable bonds is 4. The predicted octanol–water partition coefficient (Wildman–Crippen LogP) is 4.07. The van der Waals surface area contributed by atoms with Crippen molar-refractivity contribution in [3.63, 3.8) is 0 Å². The molecule has 0 saturated carbocycles. The fraction of sp³-hybridized carbons (Fsp3) is 0.300. The molecule has 2 aromatic carbocycles. The van der Waals surface area contributed by atoms with Crippen molar-refractivity contribution in [3.05, 3.63) is 52.0 Å². The maximum absolute atomic E-state index is 12.7. The van der Waals surface area contributed by atoms with E-state index >= 15 is 0 Å². The van der Waals surface area contributed by atoms with E-state index in [2.05, 4.69) is 21.2 Å². The van der Waals surface area contributed by atoms with Crippen LogP contribution in [0.4, 0.5) is 11.4 Å². The monoisotopic (exact) mass is 416 g/mol. The van der Waals surface area contributed by atoms with Crippen LogP contribution in [0.1, 0.15) is 17.5 Å². The molecule has 0 aromatic heterocycles. The highest BCUT2D eigenvalue weighted by Gasteiger charge is 2.35. The molecule has 1 aliphatic heterocycles. The summed E-state index contributed by atoms with van der Waals surface area (Å²) in [5, 5.41) is 2.97. The van der Waals surface area contributed by atoms with Crippen LogP contribution in [-0.2, 0) is 9.59 Å². The van der Waals surface area contributed by atoms with E-state index in [9.17, 15) is 9.59 Å². The molecule has 0 unspecified atom stereocenters. The number of methoxy groups -OCH3 is 1. The summed E-state index contributed by atoms with van der Waals surface area (Å²) in [4.78, 5) is 26.7. The molecule has 0 radical (unpaired) electrons. The number of anilines is 2. The lowest BCUT2D eigenvalue weighted by Gasteiger charge is -2.18. The number of nitrogens with one attached hydrogen (secondary N) is 1. The minimum atomic E-state index is -0.378. The van der Waals surface area contributed by atoms with Gasteiger partial charge in [0.1, 0.15) is 5.75 Å². The highest BCUT2D eigenvalue weighted by molar-refractivity contribution is 9.10. The number of hydrogen-bond donors (Lipinski definition) is 1. The van der Waals surface area contributed by atoms with Crippen molar-refractivity contribution in [2.45, 2.75) is 20.3 Å². The Balaban J connectivity index is 1.74. The Bertz CT molecular complexity index is 866. The Morgan fingerprint density at radius 3 is 2.73 bits per heavy atom. The molecule has 0 spiro atoms. The molecule has 136 valence electrons. The topological polar surface area (TPSA) is 58.6 Å². The second-order valence-electron chi connectivity index (χ2n) is 6.51. The second-order valence-corrected chi connectivity index (χ2v) is 7.37. The third-order valence-electron chi connectivity index (χ3n) is 4.62. The molecular formula is C20H21BrN2O3. The zero-order chi connectivity index (χ0) is 18.8. The van der Waals surface area contributed by atoms with Gasteiger partial charge in [0.15, 0.2) is 0 Å². The lowest BCUT2D eigenvalue weighted by molar-refractivity contribution is -0.122. The average Bonchev–Trinajstić information content (AvgIpc) is 3.01. The third-order valence-corrected chi connectivity index (χ3v) is 5.48. The van der Waals surface area contributed by atoms with Crippen molar-refractivity contribution >= 4 is 39.1 Å². The van der Waals surface area contributed by atoms with Gasteiger partial charge in [0.05, 0.1) is 13.0 Å². The Labute approximate surface area is 161 Å². The first-order chi connectivity index (χ1) is 12.4. The molecule has 1 atom stereocenters. The summed E-state index contributed by atoms with van der Waals surface area (Å²) < 4.78 is 6.22. The van der Waals surface area contributed by atoms with Gasteiger partial charge in [0.25, 0.3) is 0 Å². The minimum absolute atomic E-state index is 0.0536. The van der Waals surface area contributed by atoms with Gasteiger partial charge in [0, 0.05) is 34.9 Å². The Kier molecular flexibility index (Phi) is 5.32. The van der Waals surface area contributed by atoms with Crippen LogP contribution in [0.2, 0.25) is 0 Å². The molecule has 1 saturated heterocycles. The normalized spacial score (nSPS) is 16.7. The second kappa shape index (κ2) is 7.50. The van der Waals surface area contributed by atoms with Crippen molar-refractivity contribution in [3.8, 4) is 5.75 Å². The molecule has 1 aliphatic rings. The summed E-state index contributed by atoms with van der Waals surface area (Å²) in [5.74, 6) is 0.122. The molecule has 5 nitrogen and oxygen atoms in total. The summed E-state index contributed by atoms with van der Waals surface area (Å²) in [6.07, 6.45) is 0.206. The summed E-state index contributed by atoms with van der Waals surface area (Å²) in [6, 6.07) is 11.2. The van der Waals surface area contributed by atoms with E-state index in [-0.39, 0.29) is 24.2 Å². The maximum Gasteiger partial charge on any atom is 0.229 e.